The number of hydrogen-bond acceptors (Lipinski definition) is 3. The SMILES string of the molecule is Nc1ccc(CNCC2CCCCO2)c(F)c1. The first-order valence-corrected chi connectivity index (χ1v) is 6.12. The van der Waals surface area contributed by atoms with Gasteiger partial charge in [0.2, 0.25) is 0 Å². The molecular weight excluding hydrogens is 219 g/mol. The minimum absolute atomic E-state index is 0.248. The second-order valence-corrected chi connectivity index (χ2v) is 4.47. The highest BCUT2D eigenvalue weighted by molar-refractivity contribution is 5.40. The van der Waals surface area contributed by atoms with Crippen molar-refractivity contribution in [2.45, 2.75) is 31.9 Å². The Bertz CT molecular complexity index is 364. The van der Waals surface area contributed by atoms with Crippen LogP contribution in [0.1, 0.15) is 24.8 Å². The highest BCUT2D eigenvalue weighted by atomic mass is 19.1. The van der Waals surface area contributed by atoms with Crippen molar-refractivity contribution in [1.82, 2.24) is 5.32 Å². The van der Waals surface area contributed by atoms with Gasteiger partial charge >= 0.3 is 0 Å². The number of anilines is 1. The predicted octanol–water partition coefficient (Wildman–Crippen LogP) is 2.07. The van der Waals surface area contributed by atoms with E-state index in [0.29, 0.717) is 17.8 Å². The standard InChI is InChI=1S/C13H19FN2O/c14-13-7-11(15)5-4-10(13)8-16-9-12-3-1-2-6-17-12/h4-5,7,12,16H,1-3,6,8-9,15H2. The van der Waals surface area contributed by atoms with Crippen LogP contribution in [0.4, 0.5) is 10.1 Å². The summed E-state index contributed by atoms with van der Waals surface area (Å²) < 4.78 is 19.1. The Labute approximate surface area is 101 Å². The molecule has 2 rings (SSSR count). The van der Waals surface area contributed by atoms with Crippen LogP contribution < -0.4 is 11.1 Å². The third-order valence-electron chi connectivity index (χ3n) is 3.04. The minimum atomic E-state index is -0.248. The van der Waals surface area contributed by atoms with E-state index in [1.165, 1.54) is 12.5 Å². The maximum Gasteiger partial charge on any atom is 0.129 e. The van der Waals surface area contributed by atoms with E-state index < -0.39 is 0 Å². The van der Waals surface area contributed by atoms with Crippen molar-refractivity contribution in [3.8, 4) is 0 Å². The molecule has 0 spiro atoms. The van der Waals surface area contributed by atoms with E-state index in [1.54, 1.807) is 12.1 Å². The Hall–Kier alpha value is -1.13. The molecule has 0 aliphatic carbocycles. The van der Waals surface area contributed by atoms with Crippen LogP contribution in [0, 0.1) is 5.82 Å². The number of nitrogens with two attached hydrogens (primary N) is 1. The van der Waals surface area contributed by atoms with Gasteiger partial charge in [-0.25, -0.2) is 4.39 Å². The molecule has 1 atom stereocenters. The number of ether oxygens (including phenoxy) is 1. The molecule has 17 heavy (non-hydrogen) atoms. The fourth-order valence-electron chi connectivity index (χ4n) is 2.04. The van der Waals surface area contributed by atoms with Crippen molar-refractivity contribution in [1.29, 1.82) is 0 Å². The van der Waals surface area contributed by atoms with Gasteiger partial charge in [0.1, 0.15) is 5.82 Å². The lowest BCUT2D eigenvalue weighted by molar-refractivity contribution is 0.0167. The molecule has 0 saturated carbocycles. The zero-order valence-electron chi connectivity index (χ0n) is 9.92. The topological polar surface area (TPSA) is 47.3 Å². The summed E-state index contributed by atoms with van der Waals surface area (Å²) in [6.07, 6.45) is 3.75. The van der Waals surface area contributed by atoms with Gasteiger partial charge in [-0.15, -0.1) is 0 Å². The van der Waals surface area contributed by atoms with Gasteiger partial charge in [-0.1, -0.05) is 6.07 Å². The van der Waals surface area contributed by atoms with E-state index in [0.717, 1.165) is 26.0 Å². The highest BCUT2D eigenvalue weighted by Gasteiger charge is 2.13. The number of rotatable bonds is 4. The molecule has 0 radical (unpaired) electrons. The lowest BCUT2D eigenvalue weighted by atomic mass is 10.1. The molecule has 1 saturated heterocycles. The van der Waals surface area contributed by atoms with Crippen LogP contribution >= 0.6 is 0 Å². The van der Waals surface area contributed by atoms with E-state index in [9.17, 15) is 4.39 Å². The predicted molar refractivity (Wildman–Crippen MR) is 66.1 cm³/mol. The van der Waals surface area contributed by atoms with E-state index in [-0.39, 0.29) is 11.9 Å². The van der Waals surface area contributed by atoms with Crippen molar-refractivity contribution in [2.24, 2.45) is 0 Å². The number of nitrogen functional groups attached to an aromatic ring is 1. The van der Waals surface area contributed by atoms with Crippen LogP contribution in [-0.2, 0) is 11.3 Å². The first kappa shape index (κ1) is 12.3. The average Bonchev–Trinajstić information content (AvgIpc) is 2.33. The Morgan fingerprint density at radius 3 is 3.00 bits per heavy atom. The first-order valence-electron chi connectivity index (χ1n) is 6.12. The molecule has 3 nitrogen and oxygen atoms in total. The minimum Gasteiger partial charge on any atom is -0.399 e. The number of nitrogens with one attached hydrogen (secondary N) is 1. The molecule has 1 aromatic rings. The fourth-order valence-corrected chi connectivity index (χ4v) is 2.04. The van der Waals surface area contributed by atoms with Crippen LogP contribution in [0.2, 0.25) is 0 Å². The van der Waals surface area contributed by atoms with Crippen LogP contribution in [-0.4, -0.2) is 19.3 Å². The van der Waals surface area contributed by atoms with Gasteiger partial charge in [0, 0.05) is 30.9 Å². The lowest BCUT2D eigenvalue weighted by Crippen LogP contribution is -2.31. The van der Waals surface area contributed by atoms with Crippen molar-refractivity contribution >= 4 is 5.69 Å². The second-order valence-electron chi connectivity index (χ2n) is 4.47. The highest BCUT2D eigenvalue weighted by Crippen LogP contribution is 2.13. The number of hydrogen-bond donors (Lipinski definition) is 2. The first-order chi connectivity index (χ1) is 8.25. The van der Waals surface area contributed by atoms with E-state index in [4.69, 9.17) is 10.5 Å². The van der Waals surface area contributed by atoms with E-state index in [2.05, 4.69) is 5.32 Å². The Morgan fingerprint density at radius 1 is 1.41 bits per heavy atom. The number of benzene rings is 1. The monoisotopic (exact) mass is 238 g/mol. The summed E-state index contributed by atoms with van der Waals surface area (Å²) in [6.45, 7) is 2.15. The summed E-state index contributed by atoms with van der Waals surface area (Å²) in [7, 11) is 0. The molecule has 1 aliphatic heterocycles. The Balaban J connectivity index is 1.77. The molecule has 0 amide bonds. The zero-order valence-corrected chi connectivity index (χ0v) is 9.92. The van der Waals surface area contributed by atoms with Gasteiger partial charge < -0.3 is 15.8 Å². The average molecular weight is 238 g/mol. The fraction of sp³-hybridized carbons (Fsp3) is 0.538. The van der Waals surface area contributed by atoms with Crippen LogP contribution in [0.15, 0.2) is 18.2 Å². The summed E-state index contributed by atoms with van der Waals surface area (Å²) in [5, 5.41) is 3.23. The maximum absolute atomic E-state index is 13.5. The molecule has 1 aromatic carbocycles. The largest absolute Gasteiger partial charge is 0.399 e. The van der Waals surface area contributed by atoms with Crippen molar-refractivity contribution < 1.29 is 9.13 Å². The molecule has 1 aliphatic rings. The van der Waals surface area contributed by atoms with Gasteiger partial charge in [0.05, 0.1) is 6.10 Å². The summed E-state index contributed by atoms with van der Waals surface area (Å²) in [4.78, 5) is 0. The zero-order chi connectivity index (χ0) is 12.1. The second kappa shape index (κ2) is 5.98. The molecule has 0 bridgehead atoms. The van der Waals surface area contributed by atoms with E-state index in [1.807, 2.05) is 0 Å². The van der Waals surface area contributed by atoms with E-state index >= 15 is 0 Å². The summed E-state index contributed by atoms with van der Waals surface area (Å²) in [5.74, 6) is -0.248. The molecule has 1 unspecified atom stereocenters. The number of halogens is 1. The van der Waals surface area contributed by atoms with Gasteiger partial charge in [0.15, 0.2) is 0 Å². The third kappa shape index (κ3) is 3.68. The van der Waals surface area contributed by atoms with Crippen LogP contribution in [0.25, 0.3) is 0 Å². The van der Waals surface area contributed by atoms with Gasteiger partial charge in [-0.3, -0.25) is 0 Å². The normalized spacial score (nSPS) is 20.4. The van der Waals surface area contributed by atoms with Crippen molar-refractivity contribution in [2.75, 3.05) is 18.9 Å². The van der Waals surface area contributed by atoms with Crippen molar-refractivity contribution in [3.63, 3.8) is 0 Å². The van der Waals surface area contributed by atoms with Gasteiger partial charge in [-0.05, 0) is 31.4 Å². The molecule has 1 heterocycles. The summed E-state index contributed by atoms with van der Waals surface area (Å²) in [6, 6.07) is 4.80. The van der Waals surface area contributed by atoms with Gasteiger partial charge in [0.25, 0.3) is 0 Å². The molecule has 3 N–H and O–H groups in total. The third-order valence-corrected chi connectivity index (χ3v) is 3.04. The van der Waals surface area contributed by atoms with Crippen LogP contribution in [0.3, 0.4) is 0 Å². The summed E-state index contributed by atoms with van der Waals surface area (Å²) in [5.41, 5.74) is 6.60. The molecular formula is C13H19FN2O. The van der Waals surface area contributed by atoms with Crippen molar-refractivity contribution in [3.05, 3.63) is 29.6 Å². The maximum atomic E-state index is 13.5. The van der Waals surface area contributed by atoms with Gasteiger partial charge in [-0.2, -0.15) is 0 Å². The molecule has 94 valence electrons. The Morgan fingerprint density at radius 2 is 2.29 bits per heavy atom. The molecule has 0 aromatic heterocycles. The molecule has 4 heteroatoms. The summed E-state index contributed by atoms with van der Waals surface area (Å²) >= 11 is 0. The molecule has 1 fully saturated rings. The quantitative estimate of drug-likeness (QED) is 0.789. The Kier molecular flexibility index (Phi) is 4.34. The smallest absolute Gasteiger partial charge is 0.129 e. The lowest BCUT2D eigenvalue weighted by Gasteiger charge is -2.22. The van der Waals surface area contributed by atoms with Crippen LogP contribution in [0.5, 0.6) is 0 Å².